The molecule has 0 saturated carbocycles. The Hall–Kier alpha value is -3.52. The lowest BCUT2D eigenvalue weighted by atomic mass is 10.2. The van der Waals surface area contributed by atoms with E-state index in [2.05, 4.69) is 25.6 Å². The smallest absolute Gasteiger partial charge is 0.390 e. The summed E-state index contributed by atoms with van der Waals surface area (Å²) >= 11 is 0. The van der Waals surface area contributed by atoms with Gasteiger partial charge in [0.2, 0.25) is 0 Å². The molecular formula is C18H16F3N7O. The number of halogens is 3. The van der Waals surface area contributed by atoms with Crippen LogP contribution in [0.3, 0.4) is 0 Å². The average Bonchev–Trinajstić information content (AvgIpc) is 3.09. The molecule has 2 N–H and O–H groups in total. The van der Waals surface area contributed by atoms with E-state index in [1.807, 2.05) is 6.07 Å². The Kier molecular flexibility index (Phi) is 5.74. The molecule has 3 rings (SSSR count). The molecule has 150 valence electrons. The van der Waals surface area contributed by atoms with Gasteiger partial charge in [-0.05, 0) is 36.8 Å². The lowest BCUT2D eigenvalue weighted by molar-refractivity contribution is -0.137. The average molecular weight is 403 g/mol. The van der Waals surface area contributed by atoms with Gasteiger partial charge in [-0.15, -0.1) is 5.10 Å². The molecule has 0 saturated heterocycles. The number of nitriles is 1. The Bertz CT molecular complexity index is 1040. The quantitative estimate of drug-likeness (QED) is 0.650. The summed E-state index contributed by atoms with van der Waals surface area (Å²) in [5.74, 6) is 0.304. The van der Waals surface area contributed by atoms with Gasteiger partial charge in [-0.2, -0.15) is 18.4 Å². The maximum absolute atomic E-state index is 12.9. The van der Waals surface area contributed by atoms with Crippen LogP contribution in [0.25, 0.3) is 11.4 Å². The third-order valence-corrected chi connectivity index (χ3v) is 3.84. The van der Waals surface area contributed by atoms with Crippen LogP contribution in [0, 0.1) is 18.3 Å². The zero-order chi connectivity index (χ0) is 21.0. The monoisotopic (exact) mass is 403 g/mol. The van der Waals surface area contributed by atoms with Crippen molar-refractivity contribution >= 4 is 11.6 Å². The molecule has 3 aromatic rings. The van der Waals surface area contributed by atoms with Crippen molar-refractivity contribution in [2.75, 3.05) is 5.32 Å². The highest BCUT2D eigenvalue weighted by Gasteiger charge is 2.30. The first-order valence-corrected chi connectivity index (χ1v) is 8.49. The first-order valence-electron chi connectivity index (χ1n) is 8.49. The number of aliphatic hydroxyl groups is 1. The van der Waals surface area contributed by atoms with E-state index in [-0.39, 0.29) is 18.8 Å². The van der Waals surface area contributed by atoms with E-state index in [0.717, 1.165) is 23.9 Å². The number of alkyl halides is 3. The van der Waals surface area contributed by atoms with E-state index in [1.54, 1.807) is 25.3 Å². The Morgan fingerprint density at radius 1 is 1.24 bits per heavy atom. The number of nitrogens with one attached hydrogen (secondary N) is 1. The molecule has 0 spiro atoms. The van der Waals surface area contributed by atoms with Gasteiger partial charge in [-0.1, -0.05) is 5.21 Å². The van der Waals surface area contributed by atoms with Crippen LogP contribution in [0.4, 0.5) is 24.8 Å². The molecule has 0 amide bonds. The van der Waals surface area contributed by atoms with Crippen molar-refractivity contribution in [1.82, 2.24) is 25.0 Å². The highest BCUT2D eigenvalue weighted by atomic mass is 19.4. The summed E-state index contributed by atoms with van der Waals surface area (Å²) in [5, 5.41) is 29.0. The number of hydrogen-bond donors (Lipinski definition) is 2. The number of rotatable bonds is 6. The van der Waals surface area contributed by atoms with Crippen molar-refractivity contribution in [2.45, 2.75) is 32.2 Å². The maximum atomic E-state index is 12.9. The van der Waals surface area contributed by atoms with Crippen molar-refractivity contribution in [1.29, 1.82) is 5.26 Å². The van der Waals surface area contributed by atoms with Gasteiger partial charge in [0.05, 0.1) is 42.6 Å². The molecule has 1 atom stereocenters. The van der Waals surface area contributed by atoms with Crippen molar-refractivity contribution in [3.05, 3.63) is 47.8 Å². The lowest BCUT2D eigenvalue weighted by Crippen LogP contribution is -2.15. The fraction of sp³-hybridized carbons (Fsp3) is 0.278. The van der Waals surface area contributed by atoms with Crippen LogP contribution in [0.1, 0.15) is 17.5 Å². The Balaban J connectivity index is 1.82. The molecular weight excluding hydrogens is 387 g/mol. The Labute approximate surface area is 163 Å². The van der Waals surface area contributed by atoms with Gasteiger partial charge in [-0.3, -0.25) is 0 Å². The van der Waals surface area contributed by atoms with E-state index in [4.69, 9.17) is 5.26 Å². The van der Waals surface area contributed by atoms with E-state index in [9.17, 15) is 18.3 Å². The highest BCUT2D eigenvalue weighted by Crippen LogP contribution is 2.30. The Morgan fingerprint density at radius 2 is 2.03 bits per heavy atom. The fourth-order valence-corrected chi connectivity index (χ4v) is 2.56. The summed E-state index contributed by atoms with van der Waals surface area (Å²) in [7, 11) is 0. The van der Waals surface area contributed by atoms with E-state index in [0.29, 0.717) is 17.2 Å². The number of nitrogens with zero attached hydrogens (tertiary/aromatic N) is 6. The van der Waals surface area contributed by atoms with Crippen LogP contribution in [0.15, 0.2) is 36.7 Å². The van der Waals surface area contributed by atoms with Crippen LogP contribution in [-0.4, -0.2) is 36.2 Å². The molecule has 0 fully saturated rings. The summed E-state index contributed by atoms with van der Waals surface area (Å²) in [6.45, 7) is 1.91. The first-order chi connectivity index (χ1) is 13.7. The van der Waals surface area contributed by atoms with Gasteiger partial charge in [0.15, 0.2) is 0 Å². The lowest BCUT2D eigenvalue weighted by Gasteiger charge is -2.10. The molecule has 29 heavy (non-hydrogen) atoms. The van der Waals surface area contributed by atoms with Crippen molar-refractivity contribution in [3.63, 3.8) is 0 Å². The molecule has 0 radical (unpaired) electrons. The molecule has 0 bridgehead atoms. The molecule has 11 heteroatoms. The second-order valence-electron chi connectivity index (χ2n) is 6.31. The number of aromatic nitrogens is 5. The predicted octanol–water partition coefficient (Wildman–Crippen LogP) is 3.08. The van der Waals surface area contributed by atoms with Gasteiger partial charge in [0.1, 0.15) is 17.3 Å². The summed E-state index contributed by atoms with van der Waals surface area (Å²) in [4.78, 5) is 8.25. The summed E-state index contributed by atoms with van der Waals surface area (Å²) in [6.07, 6.45) is -2.74. The number of aliphatic hydroxyl groups excluding tert-OH is 1. The van der Waals surface area contributed by atoms with E-state index in [1.165, 1.54) is 4.68 Å². The second kappa shape index (κ2) is 8.24. The van der Waals surface area contributed by atoms with Crippen LogP contribution in [-0.2, 0) is 12.7 Å². The SMILES string of the molecule is Cc1cc(Nc2cc(C(F)(F)F)ccn2)nc(-c2cn(CC(O)CC#N)nn2)c1. The van der Waals surface area contributed by atoms with E-state index < -0.39 is 17.8 Å². The largest absolute Gasteiger partial charge is 0.416 e. The molecule has 8 nitrogen and oxygen atoms in total. The molecule has 3 heterocycles. The van der Waals surface area contributed by atoms with E-state index >= 15 is 0 Å². The van der Waals surface area contributed by atoms with Crippen LogP contribution < -0.4 is 5.32 Å². The minimum absolute atomic E-state index is 0.00663. The third kappa shape index (κ3) is 5.26. The zero-order valence-electron chi connectivity index (χ0n) is 15.2. The maximum Gasteiger partial charge on any atom is 0.416 e. The summed E-state index contributed by atoms with van der Waals surface area (Å²) in [5.41, 5.74) is 0.837. The van der Waals surface area contributed by atoms with Crippen molar-refractivity contribution in [2.24, 2.45) is 0 Å². The third-order valence-electron chi connectivity index (χ3n) is 3.84. The van der Waals surface area contributed by atoms with Crippen LogP contribution >= 0.6 is 0 Å². The molecule has 1 unspecified atom stereocenters. The van der Waals surface area contributed by atoms with Gasteiger partial charge in [0, 0.05) is 6.20 Å². The summed E-state index contributed by atoms with van der Waals surface area (Å²) in [6, 6.07) is 7.06. The van der Waals surface area contributed by atoms with Gasteiger partial charge in [0.25, 0.3) is 0 Å². The summed E-state index contributed by atoms with van der Waals surface area (Å²) < 4.78 is 40.0. The van der Waals surface area contributed by atoms with Gasteiger partial charge < -0.3 is 10.4 Å². The predicted molar refractivity (Wildman–Crippen MR) is 96.7 cm³/mol. The minimum atomic E-state index is -4.47. The highest BCUT2D eigenvalue weighted by molar-refractivity contribution is 5.61. The number of pyridine rings is 2. The van der Waals surface area contributed by atoms with Gasteiger partial charge in [-0.25, -0.2) is 14.6 Å². The Morgan fingerprint density at radius 3 is 2.76 bits per heavy atom. The number of aryl methyl sites for hydroxylation is 1. The van der Waals surface area contributed by atoms with Gasteiger partial charge >= 0.3 is 6.18 Å². The molecule has 0 aliphatic heterocycles. The van der Waals surface area contributed by atoms with Crippen molar-refractivity contribution < 1.29 is 18.3 Å². The van der Waals surface area contributed by atoms with Crippen LogP contribution in [0.5, 0.6) is 0 Å². The normalized spacial score (nSPS) is 12.4. The van der Waals surface area contributed by atoms with Crippen molar-refractivity contribution in [3.8, 4) is 17.5 Å². The van der Waals surface area contributed by atoms with Crippen LogP contribution in [0.2, 0.25) is 0 Å². The minimum Gasteiger partial charge on any atom is -0.390 e. The number of hydrogen-bond acceptors (Lipinski definition) is 7. The fourth-order valence-electron chi connectivity index (χ4n) is 2.56. The topological polar surface area (TPSA) is 113 Å². The molecule has 0 aliphatic carbocycles. The standard InChI is InChI=1S/C18H16F3N7O/c1-11-6-14(15-10-28(27-26-15)9-13(29)2-4-22)24-17(7-11)25-16-8-12(3-5-23-16)18(19,20)21/h3,5-8,10,13,29H,2,9H2,1H3,(H,23,24,25). The molecule has 3 aromatic heterocycles. The molecule has 0 aliphatic rings. The molecule has 0 aromatic carbocycles. The zero-order valence-corrected chi connectivity index (χ0v) is 15.2. The second-order valence-corrected chi connectivity index (χ2v) is 6.31. The first kappa shape index (κ1) is 20.2. The number of anilines is 2.